The molecule has 0 unspecified atom stereocenters. The van der Waals surface area contributed by atoms with Gasteiger partial charge in [-0.2, -0.15) is 0 Å². The first-order valence-electron chi connectivity index (χ1n) is 13.1. The Morgan fingerprint density at radius 1 is 0.762 bits per heavy atom. The lowest BCUT2D eigenvalue weighted by atomic mass is 10.1. The number of anilines is 2. The molecule has 0 aliphatic rings. The van der Waals surface area contributed by atoms with E-state index < -0.39 is 5.97 Å². The van der Waals surface area contributed by atoms with Crippen molar-refractivity contribution in [2.75, 3.05) is 17.3 Å². The average molecular weight is 579 g/mol. The molecule has 5 aromatic rings. The van der Waals surface area contributed by atoms with Crippen molar-refractivity contribution < 1.29 is 24.2 Å². The Balaban J connectivity index is 0.000000194. The number of phenols is 1. The predicted octanol–water partition coefficient (Wildman–Crippen LogP) is 7.52. The van der Waals surface area contributed by atoms with Gasteiger partial charge < -0.3 is 24.8 Å². The Kier molecular flexibility index (Phi) is 9.86. The number of ether oxygens (including phenoxy) is 2. The highest BCUT2D eigenvalue weighted by atomic mass is 32.1. The van der Waals surface area contributed by atoms with Crippen LogP contribution in [-0.2, 0) is 4.79 Å². The lowest BCUT2D eigenvalue weighted by molar-refractivity contribution is -0.114. The fourth-order valence-electron chi connectivity index (χ4n) is 3.96. The van der Waals surface area contributed by atoms with Gasteiger partial charge in [0.2, 0.25) is 5.91 Å². The van der Waals surface area contributed by atoms with Crippen LogP contribution in [0.2, 0.25) is 0 Å². The number of hydrogen-bond acceptors (Lipinski definition) is 6. The van der Waals surface area contributed by atoms with Crippen LogP contribution in [0.5, 0.6) is 17.2 Å². The molecule has 8 heteroatoms. The average Bonchev–Trinajstić information content (AvgIpc) is 2.98. The van der Waals surface area contributed by atoms with Gasteiger partial charge in [0.15, 0.2) is 0 Å². The summed E-state index contributed by atoms with van der Waals surface area (Å²) in [5.74, 6) is 0.127. The van der Waals surface area contributed by atoms with Gasteiger partial charge in [0.25, 0.3) is 5.17 Å². The minimum Gasteiger partial charge on any atom is -0.507 e. The molecular formula is C34H30N2O5S. The van der Waals surface area contributed by atoms with Gasteiger partial charge in [-0.25, -0.2) is 4.79 Å². The van der Waals surface area contributed by atoms with Crippen LogP contribution in [0.15, 0.2) is 115 Å². The first-order valence-corrected chi connectivity index (χ1v) is 13.5. The summed E-state index contributed by atoms with van der Waals surface area (Å²) in [7, 11) is 1.91. The highest BCUT2D eigenvalue weighted by molar-refractivity contribution is 7.80. The number of aromatic hydroxyl groups is 1. The molecule has 2 N–H and O–H groups in total. The van der Waals surface area contributed by atoms with Crippen molar-refractivity contribution in [1.29, 1.82) is 0 Å². The summed E-state index contributed by atoms with van der Waals surface area (Å²) in [5, 5.41) is 14.9. The number of hydrogen-bond donors (Lipinski definition) is 2. The molecule has 42 heavy (non-hydrogen) atoms. The van der Waals surface area contributed by atoms with E-state index in [0.29, 0.717) is 16.6 Å². The number of phenolic OH excluding ortho intramolecular Hbond substituents is 1. The standard InChI is InChI=1S/C19H17NOS.C15H13NO4/c1-14-6-5-9-17(12-14)20(2)19(22)21-18-11-10-15-7-3-4-8-16(15)13-18;1-10(17)16-11-6-8-12(9-7-11)20-15(19)13-4-2-3-5-14(13)18/h3-13H,1-2H3;2-9,18H,1H3,(H,16,17). The smallest absolute Gasteiger partial charge is 0.347 e. The molecule has 0 fully saturated rings. The number of carbonyl (C=O) groups is 2. The molecule has 212 valence electrons. The Hall–Kier alpha value is -5.21. The van der Waals surface area contributed by atoms with Gasteiger partial charge in [-0.3, -0.25) is 4.79 Å². The normalized spacial score (nSPS) is 10.2. The minimum atomic E-state index is -0.643. The second-order valence-electron chi connectivity index (χ2n) is 9.39. The van der Waals surface area contributed by atoms with Crippen LogP contribution in [0.1, 0.15) is 22.8 Å². The summed E-state index contributed by atoms with van der Waals surface area (Å²) in [6, 6.07) is 34.8. The van der Waals surface area contributed by atoms with Crippen molar-refractivity contribution in [3.05, 3.63) is 126 Å². The fraction of sp³-hybridized carbons (Fsp3) is 0.0882. The summed E-state index contributed by atoms with van der Waals surface area (Å²) in [4.78, 5) is 24.6. The number of benzene rings is 5. The largest absolute Gasteiger partial charge is 0.507 e. The molecule has 0 saturated carbocycles. The lowest BCUT2D eigenvalue weighted by Crippen LogP contribution is -2.29. The van der Waals surface area contributed by atoms with E-state index in [-0.39, 0.29) is 17.2 Å². The third-order valence-electron chi connectivity index (χ3n) is 6.10. The molecule has 0 aromatic heterocycles. The molecular weight excluding hydrogens is 548 g/mol. The van der Waals surface area contributed by atoms with Gasteiger partial charge in [-0.05, 0) is 96.1 Å². The maximum atomic E-state index is 11.8. The number of para-hydroxylation sites is 1. The van der Waals surface area contributed by atoms with Crippen molar-refractivity contribution in [1.82, 2.24) is 0 Å². The van der Waals surface area contributed by atoms with Crippen LogP contribution in [0.3, 0.4) is 0 Å². The zero-order chi connectivity index (χ0) is 30.1. The van der Waals surface area contributed by atoms with Gasteiger partial charge in [0, 0.05) is 25.3 Å². The number of thiocarbonyl (C=S) groups is 1. The molecule has 0 spiro atoms. The zero-order valence-electron chi connectivity index (χ0n) is 23.4. The molecule has 0 bridgehead atoms. The van der Waals surface area contributed by atoms with Gasteiger partial charge in [-0.1, -0.05) is 54.6 Å². The highest BCUT2D eigenvalue weighted by Gasteiger charge is 2.13. The number of carbonyl (C=O) groups excluding carboxylic acids is 2. The second kappa shape index (κ2) is 13.9. The first kappa shape index (κ1) is 29.8. The van der Waals surface area contributed by atoms with Crippen LogP contribution in [0, 0.1) is 6.92 Å². The summed E-state index contributed by atoms with van der Waals surface area (Å²) in [6.45, 7) is 3.47. The van der Waals surface area contributed by atoms with Crippen molar-refractivity contribution in [3.8, 4) is 17.2 Å². The maximum Gasteiger partial charge on any atom is 0.347 e. The van der Waals surface area contributed by atoms with Crippen LogP contribution >= 0.6 is 12.2 Å². The van der Waals surface area contributed by atoms with Crippen molar-refractivity contribution in [2.45, 2.75) is 13.8 Å². The first-order chi connectivity index (χ1) is 20.2. The number of aryl methyl sites for hydroxylation is 1. The number of nitrogens with zero attached hydrogens (tertiary/aromatic N) is 1. The SMILES string of the molecule is CC(=O)Nc1ccc(OC(=O)c2ccccc2O)cc1.Cc1cccc(N(C)C(=S)Oc2ccc3ccccc3c2)c1. The van der Waals surface area contributed by atoms with E-state index in [2.05, 4.69) is 36.5 Å². The van der Waals surface area contributed by atoms with Crippen LogP contribution < -0.4 is 19.7 Å². The molecule has 0 atom stereocenters. The van der Waals surface area contributed by atoms with E-state index >= 15 is 0 Å². The highest BCUT2D eigenvalue weighted by Crippen LogP contribution is 2.23. The molecule has 0 aliphatic heterocycles. The Morgan fingerprint density at radius 2 is 1.43 bits per heavy atom. The van der Waals surface area contributed by atoms with Gasteiger partial charge >= 0.3 is 5.97 Å². The van der Waals surface area contributed by atoms with Crippen LogP contribution in [0.4, 0.5) is 11.4 Å². The third kappa shape index (κ3) is 8.16. The number of fused-ring (bicyclic) bond motifs is 1. The topological polar surface area (TPSA) is 88.1 Å². The number of amides is 1. The summed E-state index contributed by atoms with van der Waals surface area (Å²) in [5.41, 5.74) is 2.92. The second-order valence-corrected chi connectivity index (χ2v) is 9.74. The molecule has 1 amide bonds. The molecule has 0 aliphatic carbocycles. The van der Waals surface area contributed by atoms with Crippen molar-refractivity contribution in [3.63, 3.8) is 0 Å². The van der Waals surface area contributed by atoms with Crippen LogP contribution in [0.25, 0.3) is 10.8 Å². The molecule has 5 rings (SSSR count). The fourth-order valence-corrected chi connectivity index (χ4v) is 4.16. The lowest BCUT2D eigenvalue weighted by Gasteiger charge is -2.20. The quantitative estimate of drug-likeness (QED) is 0.127. The number of nitrogens with one attached hydrogen (secondary N) is 1. The van der Waals surface area contributed by atoms with E-state index in [9.17, 15) is 14.7 Å². The third-order valence-corrected chi connectivity index (χ3v) is 6.46. The molecule has 0 heterocycles. The summed E-state index contributed by atoms with van der Waals surface area (Å²) in [6.07, 6.45) is 0. The van der Waals surface area contributed by atoms with Crippen molar-refractivity contribution >= 4 is 51.4 Å². The molecule has 0 saturated heterocycles. The predicted molar refractivity (Wildman–Crippen MR) is 171 cm³/mol. The Morgan fingerprint density at radius 3 is 2.12 bits per heavy atom. The molecule has 5 aromatic carbocycles. The Bertz CT molecular complexity index is 1720. The summed E-state index contributed by atoms with van der Waals surface area (Å²) < 4.78 is 11.0. The van der Waals surface area contributed by atoms with E-state index in [0.717, 1.165) is 16.8 Å². The van der Waals surface area contributed by atoms with Crippen LogP contribution in [-0.4, -0.2) is 29.2 Å². The minimum absolute atomic E-state index is 0.0958. The maximum absolute atomic E-state index is 11.8. The van der Waals surface area contributed by atoms with E-state index in [1.165, 1.54) is 30.0 Å². The van der Waals surface area contributed by atoms with E-state index in [1.807, 2.05) is 54.4 Å². The molecule has 0 radical (unpaired) electrons. The number of rotatable bonds is 5. The van der Waals surface area contributed by atoms with Gasteiger partial charge in [0.05, 0.1) is 0 Å². The number of esters is 1. The molecule has 7 nitrogen and oxygen atoms in total. The van der Waals surface area contributed by atoms with E-state index in [1.54, 1.807) is 36.4 Å². The van der Waals surface area contributed by atoms with Gasteiger partial charge in [-0.15, -0.1) is 0 Å². The summed E-state index contributed by atoms with van der Waals surface area (Å²) >= 11 is 5.41. The monoisotopic (exact) mass is 578 g/mol. The zero-order valence-corrected chi connectivity index (χ0v) is 24.2. The van der Waals surface area contributed by atoms with Gasteiger partial charge in [0.1, 0.15) is 22.8 Å². The Labute approximate surface area is 249 Å². The van der Waals surface area contributed by atoms with Crippen molar-refractivity contribution in [2.24, 2.45) is 0 Å². The van der Waals surface area contributed by atoms with E-state index in [4.69, 9.17) is 21.7 Å².